The molecule has 0 bridgehead atoms. The van der Waals surface area contributed by atoms with E-state index in [1.54, 1.807) is 26.2 Å². The van der Waals surface area contributed by atoms with Crippen LogP contribution >= 0.6 is 126 Å². The lowest BCUT2D eigenvalue weighted by Gasteiger charge is -2.14. The molecule has 10 rings (SSSR count). The van der Waals surface area contributed by atoms with Gasteiger partial charge < -0.3 is 15.5 Å². The van der Waals surface area contributed by atoms with Crippen LogP contribution in [-0.4, -0.2) is 123 Å². The van der Waals surface area contributed by atoms with Crippen molar-refractivity contribution in [1.29, 1.82) is 0 Å². The average molecular weight is 1360 g/mol. The topological polar surface area (TPSA) is 189 Å². The first-order valence-electron chi connectivity index (χ1n) is 24.1. The fourth-order valence-electron chi connectivity index (χ4n) is 7.50. The third-order valence-electron chi connectivity index (χ3n) is 11.1. The highest BCUT2D eigenvalue weighted by Crippen LogP contribution is 2.36. The summed E-state index contributed by atoms with van der Waals surface area (Å²) >= 11 is 25.6. The Morgan fingerprint density at radius 1 is 0.605 bits per heavy atom. The van der Waals surface area contributed by atoms with E-state index in [1.807, 2.05) is 132 Å². The number of nitrogens with one attached hydrogen (secondary N) is 2. The van der Waals surface area contributed by atoms with Gasteiger partial charge in [0.25, 0.3) is 11.8 Å². The van der Waals surface area contributed by atoms with Crippen molar-refractivity contribution in [2.45, 2.75) is 23.2 Å². The summed E-state index contributed by atoms with van der Waals surface area (Å²) in [4.78, 5) is 104. The number of para-hydroxylation sites is 4. The number of fused-ring (bicyclic) bond motifs is 2. The van der Waals surface area contributed by atoms with Gasteiger partial charge in [0.05, 0.1) is 43.4 Å². The molecule has 0 radical (unpaired) electrons. The van der Waals surface area contributed by atoms with Crippen molar-refractivity contribution >= 4 is 222 Å². The minimum absolute atomic E-state index is 0.0525. The SMILES string of the molecule is CN(C)C=O.O=C(CSc1nc2ccccc2n1C(=O)CCN1C(=O)/C(=C/c2cccs2)SC1=S)Nc1cccc(Br)c1.O=C(CSc1nc2ccccc2n1C(=O)CCN1C(=O)/C(=C/c2cccs2)SC1=S)Nc1cccc(Br)c1. The Morgan fingerprint density at radius 2 is 1.01 bits per heavy atom. The summed E-state index contributed by atoms with van der Waals surface area (Å²) in [5, 5.41) is 10.4. The summed E-state index contributed by atoms with van der Waals surface area (Å²) in [7, 11) is 3.38. The van der Waals surface area contributed by atoms with Crippen LogP contribution in [0.1, 0.15) is 32.2 Å². The third-order valence-corrected chi connectivity index (χ3v) is 18.4. The first-order valence-corrected chi connectivity index (χ1v) is 31.9. The Bertz CT molecular complexity index is 3520. The number of rotatable bonds is 17. The molecule has 16 nitrogen and oxygen atoms in total. The van der Waals surface area contributed by atoms with Crippen LogP contribution in [0.5, 0.6) is 0 Å². The van der Waals surface area contributed by atoms with Gasteiger partial charge in [-0.25, -0.2) is 9.97 Å². The lowest BCUT2D eigenvalue weighted by atomic mass is 10.3. The van der Waals surface area contributed by atoms with E-state index in [-0.39, 0.29) is 72.9 Å². The van der Waals surface area contributed by atoms with E-state index >= 15 is 0 Å². The average Bonchev–Trinajstić information content (AvgIpc) is 4.39. The number of carbonyl (C=O) groups excluding carboxylic acids is 7. The highest BCUT2D eigenvalue weighted by Gasteiger charge is 2.34. The van der Waals surface area contributed by atoms with E-state index in [4.69, 9.17) is 24.4 Å². The van der Waals surface area contributed by atoms with Gasteiger partial charge in [0.2, 0.25) is 30.0 Å². The summed E-state index contributed by atoms with van der Waals surface area (Å²) < 4.78 is 5.62. The van der Waals surface area contributed by atoms with Gasteiger partial charge in [0.1, 0.15) is 8.64 Å². The maximum atomic E-state index is 13.4. The van der Waals surface area contributed by atoms with Crippen LogP contribution in [0.3, 0.4) is 0 Å². The molecule has 2 aliphatic heterocycles. The molecular formula is C55H45Br2N9O7S8. The van der Waals surface area contributed by atoms with E-state index in [1.165, 1.54) is 93.6 Å². The molecule has 414 valence electrons. The molecule has 2 fully saturated rings. The molecule has 4 aromatic heterocycles. The molecule has 8 aromatic rings. The zero-order chi connectivity index (χ0) is 57.6. The van der Waals surface area contributed by atoms with Crippen LogP contribution in [0.25, 0.3) is 34.2 Å². The van der Waals surface area contributed by atoms with Crippen molar-refractivity contribution < 1.29 is 33.6 Å². The fraction of sp³-hybridized carbons (Fsp3) is 0.145. The van der Waals surface area contributed by atoms with Crippen LogP contribution in [0.15, 0.2) is 161 Å². The predicted molar refractivity (Wildman–Crippen MR) is 345 cm³/mol. The van der Waals surface area contributed by atoms with Crippen LogP contribution < -0.4 is 10.6 Å². The number of thioether (sulfide) groups is 4. The van der Waals surface area contributed by atoms with Crippen LogP contribution in [0, 0.1) is 0 Å². The summed E-state index contributed by atoms with van der Waals surface area (Å²) in [6.45, 7) is 0.316. The zero-order valence-corrected chi connectivity index (χ0v) is 52.4. The molecule has 2 aliphatic rings. The second kappa shape index (κ2) is 29.3. The number of halogens is 2. The molecule has 2 saturated heterocycles. The van der Waals surface area contributed by atoms with Gasteiger partial charge in [-0.3, -0.25) is 52.5 Å². The number of carbonyl (C=O) groups is 7. The first kappa shape index (κ1) is 61.0. The Morgan fingerprint density at radius 3 is 1.38 bits per heavy atom. The van der Waals surface area contributed by atoms with Crippen LogP contribution in [-0.2, 0) is 24.0 Å². The lowest BCUT2D eigenvalue weighted by Crippen LogP contribution is -2.31. The quantitative estimate of drug-likeness (QED) is 0.0379. The van der Waals surface area contributed by atoms with Gasteiger partial charge in [-0.2, -0.15) is 0 Å². The number of aromatic nitrogens is 4. The van der Waals surface area contributed by atoms with Gasteiger partial charge in [-0.15, -0.1) is 22.7 Å². The molecule has 0 saturated carbocycles. The molecule has 81 heavy (non-hydrogen) atoms. The highest BCUT2D eigenvalue weighted by atomic mass is 79.9. The highest BCUT2D eigenvalue weighted by molar-refractivity contribution is 9.10. The molecular weight excluding hydrogens is 1320 g/mol. The number of amides is 5. The summed E-state index contributed by atoms with van der Waals surface area (Å²) in [6.07, 6.45) is 4.50. The van der Waals surface area contributed by atoms with E-state index in [2.05, 4.69) is 52.5 Å². The molecule has 4 aromatic carbocycles. The molecule has 5 amide bonds. The molecule has 6 heterocycles. The van der Waals surface area contributed by atoms with Gasteiger partial charge in [-0.05, 0) is 95.7 Å². The summed E-state index contributed by atoms with van der Waals surface area (Å²) in [5.74, 6) is -1.14. The molecule has 26 heteroatoms. The molecule has 0 unspecified atom stereocenters. The second-order valence-electron chi connectivity index (χ2n) is 17.2. The number of hydrogen-bond donors (Lipinski definition) is 2. The van der Waals surface area contributed by atoms with Gasteiger partial charge >= 0.3 is 0 Å². The monoisotopic (exact) mass is 1360 g/mol. The Hall–Kier alpha value is -6.07. The zero-order valence-electron chi connectivity index (χ0n) is 42.7. The second-order valence-corrected chi connectivity index (χ2v) is 26.2. The van der Waals surface area contributed by atoms with Crippen molar-refractivity contribution in [2.75, 3.05) is 49.3 Å². The predicted octanol–water partition coefficient (Wildman–Crippen LogP) is 12.7. The Balaban J connectivity index is 0.000000196. The Kier molecular flexibility index (Phi) is 22.0. The number of anilines is 2. The standard InChI is InChI=1S/2C26H19BrN4O3S4.C3H7NO/c2*27-16-5-3-6-17(13-16)28-22(32)15-37-25-29-19-8-1-2-9-20(19)31(25)23(33)10-11-30-24(34)21(38-26(30)35)14-18-7-4-12-36-18;1-4(2)3-5/h2*1-9,12-14H,10-11,15H2,(H,28,32);3H,1-2H3/b2*21-14-;. The number of thiocarbonyl (C=S) groups is 2. The van der Waals surface area contributed by atoms with Crippen molar-refractivity contribution in [3.63, 3.8) is 0 Å². The van der Waals surface area contributed by atoms with E-state index < -0.39 is 0 Å². The molecule has 0 atom stereocenters. The van der Waals surface area contributed by atoms with E-state index in [0.717, 1.165) is 25.1 Å². The summed E-state index contributed by atoms with van der Waals surface area (Å²) in [6, 6.07) is 37.0. The van der Waals surface area contributed by atoms with Crippen LogP contribution in [0.2, 0.25) is 0 Å². The number of thiophene rings is 2. The molecule has 0 spiro atoms. The maximum Gasteiger partial charge on any atom is 0.266 e. The molecule has 2 N–H and O–H groups in total. The van der Waals surface area contributed by atoms with Crippen molar-refractivity contribution in [1.82, 2.24) is 33.8 Å². The van der Waals surface area contributed by atoms with Crippen molar-refractivity contribution in [3.8, 4) is 0 Å². The number of imidazole rings is 2. The number of nitrogens with zero attached hydrogens (tertiary/aromatic N) is 7. The smallest absolute Gasteiger partial charge is 0.266 e. The minimum atomic E-state index is -0.232. The van der Waals surface area contributed by atoms with Crippen LogP contribution in [0.4, 0.5) is 11.4 Å². The third kappa shape index (κ3) is 16.6. The van der Waals surface area contributed by atoms with Crippen molar-refractivity contribution in [2.24, 2.45) is 0 Å². The number of hydrogen-bond acceptors (Lipinski definition) is 17. The fourth-order valence-corrected chi connectivity index (χ4v) is 14.0. The van der Waals surface area contributed by atoms with E-state index in [9.17, 15) is 33.6 Å². The lowest BCUT2D eigenvalue weighted by molar-refractivity contribution is -0.122. The largest absolute Gasteiger partial charge is 0.351 e. The van der Waals surface area contributed by atoms with Gasteiger partial charge in [-0.1, -0.05) is 152 Å². The Labute approximate surface area is 517 Å². The van der Waals surface area contributed by atoms with E-state index in [0.29, 0.717) is 62.2 Å². The first-order chi connectivity index (χ1) is 39.0. The van der Waals surface area contributed by atoms with Gasteiger partial charge in [0.15, 0.2) is 10.3 Å². The minimum Gasteiger partial charge on any atom is -0.351 e. The maximum absolute atomic E-state index is 13.4. The van der Waals surface area contributed by atoms with Crippen molar-refractivity contribution in [3.05, 3.63) is 161 Å². The van der Waals surface area contributed by atoms with Gasteiger partial charge in [0, 0.05) is 70.1 Å². The normalized spacial score (nSPS) is 14.1. The molecule has 0 aliphatic carbocycles. The summed E-state index contributed by atoms with van der Waals surface area (Å²) in [5.41, 5.74) is 3.95. The number of benzene rings is 4.